The lowest BCUT2D eigenvalue weighted by Gasteiger charge is -2.09. The third-order valence-corrected chi connectivity index (χ3v) is 4.17. The molecule has 2 aromatic carbocycles. The molecule has 4 nitrogen and oxygen atoms in total. The van der Waals surface area contributed by atoms with E-state index in [0.29, 0.717) is 5.69 Å². The molecule has 0 heterocycles. The van der Waals surface area contributed by atoms with Gasteiger partial charge < -0.3 is 10.6 Å². The number of anilines is 2. The number of nitriles is 1. The molecule has 0 radical (unpaired) electrons. The summed E-state index contributed by atoms with van der Waals surface area (Å²) in [5.41, 5.74) is 3.63. The van der Waals surface area contributed by atoms with E-state index in [1.807, 2.05) is 68.6 Å². The zero-order valence-electron chi connectivity index (χ0n) is 13.9. The second-order valence-corrected chi connectivity index (χ2v) is 6.20. The maximum Gasteiger partial charge on any atom is 0.267 e. The quantitative estimate of drug-likeness (QED) is 0.479. The molecule has 0 unspecified atom stereocenters. The van der Waals surface area contributed by atoms with Crippen molar-refractivity contribution >= 4 is 29.0 Å². The molecule has 1 amide bonds. The van der Waals surface area contributed by atoms with Crippen molar-refractivity contribution < 1.29 is 4.79 Å². The number of amides is 1. The zero-order chi connectivity index (χ0) is 17.5. The molecule has 0 bridgehead atoms. The van der Waals surface area contributed by atoms with Gasteiger partial charge in [0.15, 0.2) is 0 Å². The second-order valence-electron chi connectivity index (χ2n) is 5.32. The minimum atomic E-state index is -0.432. The van der Waals surface area contributed by atoms with Gasteiger partial charge in [-0.2, -0.15) is 5.26 Å². The van der Waals surface area contributed by atoms with Crippen molar-refractivity contribution in [3.63, 3.8) is 0 Å². The standard InChI is InChI=1S/C19H19N3OS/c1-13-7-8-18(14(2)9-13)22-19(23)15(11-20)12-21-16-5-4-6-17(10-16)24-3/h4-10,12,21H,1-3H3,(H,22,23)/b15-12-. The smallest absolute Gasteiger partial charge is 0.267 e. The van der Waals surface area contributed by atoms with Gasteiger partial charge in [0.1, 0.15) is 11.6 Å². The molecule has 2 N–H and O–H groups in total. The molecule has 0 fully saturated rings. The maximum atomic E-state index is 12.3. The predicted molar refractivity (Wildman–Crippen MR) is 100 cm³/mol. The summed E-state index contributed by atoms with van der Waals surface area (Å²) in [4.78, 5) is 13.4. The molecule has 5 heteroatoms. The molecular weight excluding hydrogens is 318 g/mol. The molecule has 0 saturated carbocycles. The van der Waals surface area contributed by atoms with Gasteiger partial charge in [0.05, 0.1) is 0 Å². The number of nitrogens with one attached hydrogen (secondary N) is 2. The molecule has 122 valence electrons. The van der Waals surface area contributed by atoms with E-state index < -0.39 is 5.91 Å². The van der Waals surface area contributed by atoms with Crippen LogP contribution in [0.5, 0.6) is 0 Å². The first kappa shape index (κ1) is 17.6. The van der Waals surface area contributed by atoms with Gasteiger partial charge in [0.25, 0.3) is 5.91 Å². The first-order valence-corrected chi connectivity index (χ1v) is 8.65. The fourth-order valence-corrected chi connectivity index (χ4v) is 2.62. The van der Waals surface area contributed by atoms with Gasteiger partial charge in [-0.15, -0.1) is 11.8 Å². The number of aryl methyl sites for hydroxylation is 2. The minimum absolute atomic E-state index is 0.0181. The van der Waals surface area contributed by atoms with Crippen molar-refractivity contribution in [3.05, 3.63) is 65.4 Å². The molecule has 0 spiro atoms. The Morgan fingerprint density at radius 1 is 1.21 bits per heavy atom. The van der Waals surface area contributed by atoms with Gasteiger partial charge in [-0.1, -0.05) is 23.8 Å². The zero-order valence-corrected chi connectivity index (χ0v) is 14.7. The number of hydrogen-bond donors (Lipinski definition) is 2. The van der Waals surface area contributed by atoms with Crippen LogP contribution in [0.1, 0.15) is 11.1 Å². The minimum Gasteiger partial charge on any atom is -0.360 e. The van der Waals surface area contributed by atoms with E-state index in [1.165, 1.54) is 6.20 Å². The Balaban J connectivity index is 2.12. The molecule has 2 aromatic rings. The second kappa shape index (κ2) is 8.23. The molecular formula is C19H19N3OS. The number of hydrogen-bond acceptors (Lipinski definition) is 4. The van der Waals surface area contributed by atoms with Crippen LogP contribution in [0.2, 0.25) is 0 Å². The van der Waals surface area contributed by atoms with Crippen LogP contribution in [0.4, 0.5) is 11.4 Å². The van der Waals surface area contributed by atoms with Gasteiger partial charge in [0.2, 0.25) is 0 Å². The van der Waals surface area contributed by atoms with Crippen LogP contribution in [0.15, 0.2) is 59.1 Å². The first-order chi connectivity index (χ1) is 11.5. The Labute approximate surface area is 146 Å². The fourth-order valence-electron chi connectivity index (χ4n) is 2.16. The number of nitrogens with zero attached hydrogens (tertiary/aromatic N) is 1. The highest BCUT2D eigenvalue weighted by Crippen LogP contribution is 2.20. The molecule has 0 aliphatic rings. The average Bonchev–Trinajstić information content (AvgIpc) is 2.58. The average molecular weight is 337 g/mol. The number of carbonyl (C=O) groups is 1. The Morgan fingerprint density at radius 2 is 2.00 bits per heavy atom. The van der Waals surface area contributed by atoms with E-state index >= 15 is 0 Å². The van der Waals surface area contributed by atoms with Crippen LogP contribution < -0.4 is 10.6 Å². The molecule has 2 rings (SSSR count). The summed E-state index contributed by atoms with van der Waals surface area (Å²) < 4.78 is 0. The van der Waals surface area contributed by atoms with Gasteiger partial charge >= 0.3 is 0 Å². The third kappa shape index (κ3) is 4.64. The highest BCUT2D eigenvalue weighted by atomic mass is 32.2. The third-order valence-electron chi connectivity index (χ3n) is 3.45. The molecule has 0 aromatic heterocycles. The van der Waals surface area contributed by atoms with Crippen molar-refractivity contribution in [2.24, 2.45) is 0 Å². The van der Waals surface area contributed by atoms with Gasteiger partial charge in [-0.3, -0.25) is 4.79 Å². The number of benzene rings is 2. The number of carbonyl (C=O) groups excluding carboxylic acids is 1. The van der Waals surface area contributed by atoms with Crippen LogP contribution in [-0.4, -0.2) is 12.2 Å². The lowest BCUT2D eigenvalue weighted by Crippen LogP contribution is -2.15. The van der Waals surface area contributed by atoms with E-state index in [2.05, 4.69) is 10.6 Å². The largest absolute Gasteiger partial charge is 0.360 e. The number of thioether (sulfide) groups is 1. The first-order valence-electron chi connectivity index (χ1n) is 7.43. The van der Waals surface area contributed by atoms with E-state index in [4.69, 9.17) is 0 Å². The van der Waals surface area contributed by atoms with Crippen LogP contribution in [0.25, 0.3) is 0 Å². The van der Waals surface area contributed by atoms with Crippen molar-refractivity contribution in [2.75, 3.05) is 16.9 Å². The molecule has 0 atom stereocenters. The Bertz CT molecular complexity index is 822. The van der Waals surface area contributed by atoms with E-state index in [-0.39, 0.29) is 5.57 Å². The van der Waals surface area contributed by atoms with E-state index in [0.717, 1.165) is 21.7 Å². The summed E-state index contributed by atoms with van der Waals surface area (Å²) in [6.45, 7) is 3.91. The van der Waals surface area contributed by atoms with E-state index in [1.54, 1.807) is 11.8 Å². The SMILES string of the molecule is CSc1cccc(N/C=C(/C#N)C(=O)Nc2ccc(C)cc2C)c1. The highest BCUT2D eigenvalue weighted by molar-refractivity contribution is 7.98. The molecule has 0 saturated heterocycles. The van der Waals surface area contributed by atoms with Gasteiger partial charge in [-0.05, 0) is 49.9 Å². The number of rotatable bonds is 5. The normalized spacial score (nSPS) is 10.8. The molecule has 0 aliphatic carbocycles. The molecule has 0 aliphatic heterocycles. The van der Waals surface area contributed by atoms with Crippen LogP contribution >= 0.6 is 11.8 Å². The van der Waals surface area contributed by atoms with Crippen LogP contribution in [-0.2, 0) is 4.79 Å². The van der Waals surface area contributed by atoms with Crippen molar-refractivity contribution in [1.82, 2.24) is 0 Å². The Kier molecular flexibility index (Phi) is 6.05. The Morgan fingerprint density at radius 3 is 2.67 bits per heavy atom. The summed E-state index contributed by atoms with van der Waals surface area (Å²) in [6.07, 6.45) is 3.42. The Hall–Kier alpha value is -2.71. The summed E-state index contributed by atoms with van der Waals surface area (Å²) in [7, 11) is 0. The molecule has 24 heavy (non-hydrogen) atoms. The summed E-state index contributed by atoms with van der Waals surface area (Å²) in [5, 5.41) is 15.0. The van der Waals surface area contributed by atoms with Crippen molar-refractivity contribution in [3.8, 4) is 6.07 Å². The lowest BCUT2D eigenvalue weighted by molar-refractivity contribution is -0.112. The van der Waals surface area contributed by atoms with Gasteiger partial charge in [-0.25, -0.2) is 0 Å². The highest BCUT2D eigenvalue weighted by Gasteiger charge is 2.10. The fraction of sp³-hybridized carbons (Fsp3) is 0.158. The monoisotopic (exact) mass is 337 g/mol. The summed E-state index contributed by atoms with van der Waals surface area (Å²) >= 11 is 1.63. The lowest BCUT2D eigenvalue weighted by atomic mass is 10.1. The van der Waals surface area contributed by atoms with E-state index in [9.17, 15) is 10.1 Å². The van der Waals surface area contributed by atoms with Crippen LogP contribution in [0, 0.1) is 25.2 Å². The summed E-state index contributed by atoms with van der Waals surface area (Å²) in [6, 6.07) is 15.4. The van der Waals surface area contributed by atoms with Crippen molar-refractivity contribution in [2.45, 2.75) is 18.7 Å². The van der Waals surface area contributed by atoms with Crippen LogP contribution in [0.3, 0.4) is 0 Å². The van der Waals surface area contributed by atoms with Crippen molar-refractivity contribution in [1.29, 1.82) is 5.26 Å². The topological polar surface area (TPSA) is 64.9 Å². The van der Waals surface area contributed by atoms with Gasteiger partial charge in [0, 0.05) is 22.5 Å². The summed E-state index contributed by atoms with van der Waals surface area (Å²) in [5.74, 6) is -0.432. The maximum absolute atomic E-state index is 12.3. The predicted octanol–water partition coefficient (Wildman–Crippen LogP) is 4.48.